The fourth-order valence-corrected chi connectivity index (χ4v) is 4.86. The second-order valence-electron chi connectivity index (χ2n) is 7.68. The van der Waals surface area contributed by atoms with E-state index in [4.69, 9.17) is 21.7 Å². The Labute approximate surface area is 172 Å². The molecule has 5 heteroatoms. The van der Waals surface area contributed by atoms with Gasteiger partial charge in [0, 0.05) is 17.5 Å². The molecule has 2 heterocycles. The van der Waals surface area contributed by atoms with E-state index in [2.05, 4.69) is 46.6 Å². The van der Waals surface area contributed by atoms with Crippen molar-refractivity contribution in [3.05, 3.63) is 59.2 Å². The van der Waals surface area contributed by atoms with Crippen LogP contribution in [0.15, 0.2) is 42.5 Å². The minimum absolute atomic E-state index is 0.152. The monoisotopic (exact) mass is 396 g/mol. The molecule has 1 atom stereocenters. The third-order valence-electron chi connectivity index (χ3n) is 6.21. The predicted octanol–water partition coefficient (Wildman–Crippen LogP) is 3.75. The Morgan fingerprint density at radius 2 is 1.71 bits per heavy atom. The number of nitrogens with zero attached hydrogens (tertiary/aromatic N) is 1. The van der Waals surface area contributed by atoms with Gasteiger partial charge >= 0.3 is 0 Å². The Balaban J connectivity index is 1.84. The Morgan fingerprint density at radius 1 is 1.04 bits per heavy atom. The van der Waals surface area contributed by atoms with Crippen LogP contribution in [-0.2, 0) is 5.41 Å². The molecule has 2 aliphatic heterocycles. The first-order valence-electron chi connectivity index (χ1n) is 10.0. The molecule has 1 saturated heterocycles. The standard InChI is InChI=1S/C23H28N2O2S/c1-26-20-14-18-19(15-21(20)27-2)23(16-24-22(18)28,17-8-4-3-5-9-17)10-13-25-11-6-7-12-25/h3-5,8-9,14-15H,6-7,10-13,16H2,1-2H3,(H,24,28). The fourth-order valence-electron chi connectivity index (χ4n) is 4.62. The zero-order chi connectivity index (χ0) is 19.6. The number of hydrogen-bond donors (Lipinski definition) is 1. The first-order chi connectivity index (χ1) is 13.7. The molecule has 0 radical (unpaired) electrons. The molecule has 0 aliphatic carbocycles. The topological polar surface area (TPSA) is 33.7 Å². The van der Waals surface area contributed by atoms with Gasteiger partial charge in [0.05, 0.1) is 14.2 Å². The largest absolute Gasteiger partial charge is 0.493 e. The number of rotatable bonds is 6. The molecular weight excluding hydrogens is 368 g/mol. The van der Waals surface area contributed by atoms with Crippen LogP contribution in [0.1, 0.15) is 36.0 Å². The number of nitrogens with one attached hydrogen (secondary N) is 1. The van der Waals surface area contributed by atoms with Gasteiger partial charge < -0.3 is 19.7 Å². The Kier molecular flexibility index (Phi) is 5.56. The van der Waals surface area contributed by atoms with Crippen LogP contribution in [0.5, 0.6) is 11.5 Å². The van der Waals surface area contributed by atoms with E-state index in [1.54, 1.807) is 14.2 Å². The van der Waals surface area contributed by atoms with Crippen LogP contribution in [-0.4, -0.2) is 50.3 Å². The highest BCUT2D eigenvalue weighted by molar-refractivity contribution is 7.80. The van der Waals surface area contributed by atoms with Crippen LogP contribution in [0.2, 0.25) is 0 Å². The highest BCUT2D eigenvalue weighted by atomic mass is 32.1. The average molecular weight is 397 g/mol. The molecule has 0 saturated carbocycles. The van der Waals surface area contributed by atoms with Gasteiger partial charge in [0.1, 0.15) is 4.99 Å². The molecule has 0 aromatic heterocycles. The Bertz CT molecular complexity index is 849. The number of likely N-dealkylation sites (tertiary alicyclic amines) is 1. The van der Waals surface area contributed by atoms with E-state index in [1.165, 1.54) is 37.1 Å². The lowest BCUT2D eigenvalue weighted by molar-refractivity contribution is 0.294. The number of fused-ring (bicyclic) bond motifs is 1. The minimum Gasteiger partial charge on any atom is -0.493 e. The fraction of sp³-hybridized carbons (Fsp3) is 0.435. The summed E-state index contributed by atoms with van der Waals surface area (Å²) in [6, 6.07) is 15.0. The summed E-state index contributed by atoms with van der Waals surface area (Å²) < 4.78 is 11.2. The number of hydrogen-bond acceptors (Lipinski definition) is 4. The summed E-state index contributed by atoms with van der Waals surface area (Å²) in [5.74, 6) is 1.47. The molecule has 2 aromatic carbocycles. The smallest absolute Gasteiger partial charge is 0.161 e. The van der Waals surface area contributed by atoms with Crippen molar-refractivity contribution in [2.45, 2.75) is 24.7 Å². The third-order valence-corrected chi connectivity index (χ3v) is 6.58. The van der Waals surface area contributed by atoms with Crippen LogP contribution in [0.25, 0.3) is 0 Å². The molecule has 2 aromatic rings. The van der Waals surface area contributed by atoms with Crippen LogP contribution in [0.4, 0.5) is 0 Å². The van der Waals surface area contributed by atoms with E-state index in [-0.39, 0.29) is 5.41 Å². The highest BCUT2D eigenvalue weighted by Crippen LogP contribution is 2.44. The van der Waals surface area contributed by atoms with E-state index in [1.807, 2.05) is 6.07 Å². The van der Waals surface area contributed by atoms with Gasteiger partial charge in [-0.1, -0.05) is 42.5 Å². The van der Waals surface area contributed by atoms with Gasteiger partial charge in [0.2, 0.25) is 0 Å². The Hall–Kier alpha value is -2.11. The maximum Gasteiger partial charge on any atom is 0.161 e. The molecule has 0 amide bonds. The van der Waals surface area contributed by atoms with Crippen molar-refractivity contribution < 1.29 is 9.47 Å². The zero-order valence-corrected chi connectivity index (χ0v) is 17.5. The third kappa shape index (κ3) is 3.38. The molecule has 1 fully saturated rings. The molecule has 0 bridgehead atoms. The summed E-state index contributed by atoms with van der Waals surface area (Å²) in [6.45, 7) is 4.29. The first kappa shape index (κ1) is 19.2. The van der Waals surface area contributed by atoms with E-state index < -0.39 is 0 Å². The van der Waals surface area contributed by atoms with Crippen LogP contribution in [0.3, 0.4) is 0 Å². The number of methoxy groups -OCH3 is 2. The molecule has 2 aliphatic rings. The predicted molar refractivity (Wildman–Crippen MR) is 117 cm³/mol. The van der Waals surface area contributed by atoms with Crippen molar-refractivity contribution in [1.29, 1.82) is 0 Å². The number of ether oxygens (including phenoxy) is 2. The maximum absolute atomic E-state index is 5.67. The molecule has 4 nitrogen and oxygen atoms in total. The van der Waals surface area contributed by atoms with Gasteiger partial charge in [-0.2, -0.15) is 0 Å². The summed E-state index contributed by atoms with van der Waals surface area (Å²) in [5.41, 5.74) is 3.45. The van der Waals surface area contributed by atoms with E-state index in [9.17, 15) is 0 Å². The van der Waals surface area contributed by atoms with Crippen molar-refractivity contribution in [2.24, 2.45) is 0 Å². The molecular formula is C23H28N2O2S. The first-order valence-corrected chi connectivity index (χ1v) is 10.4. The minimum atomic E-state index is -0.152. The van der Waals surface area contributed by atoms with Crippen LogP contribution in [0, 0.1) is 0 Å². The molecule has 148 valence electrons. The summed E-state index contributed by atoms with van der Waals surface area (Å²) in [6.07, 6.45) is 3.65. The van der Waals surface area contributed by atoms with Crippen LogP contribution >= 0.6 is 12.2 Å². The van der Waals surface area contributed by atoms with Gasteiger partial charge in [0.25, 0.3) is 0 Å². The Morgan fingerprint density at radius 3 is 2.39 bits per heavy atom. The SMILES string of the molecule is COc1cc2c(cc1OC)C(CCN1CCCC1)(c1ccccc1)CNC2=S. The lowest BCUT2D eigenvalue weighted by atomic mass is 9.68. The molecule has 4 rings (SSSR count). The molecule has 1 unspecified atom stereocenters. The van der Waals surface area contributed by atoms with Crippen molar-refractivity contribution in [3.63, 3.8) is 0 Å². The van der Waals surface area contributed by atoms with Gasteiger partial charge in [-0.05, 0) is 62.2 Å². The van der Waals surface area contributed by atoms with Gasteiger partial charge in [-0.3, -0.25) is 0 Å². The normalized spacial score (nSPS) is 21.9. The van der Waals surface area contributed by atoms with Crippen molar-refractivity contribution >= 4 is 17.2 Å². The van der Waals surface area contributed by atoms with Gasteiger partial charge in [0.15, 0.2) is 11.5 Å². The van der Waals surface area contributed by atoms with Gasteiger partial charge in [-0.25, -0.2) is 0 Å². The highest BCUT2D eigenvalue weighted by Gasteiger charge is 2.41. The average Bonchev–Trinajstić information content (AvgIpc) is 3.27. The summed E-state index contributed by atoms with van der Waals surface area (Å²) in [7, 11) is 3.36. The van der Waals surface area contributed by atoms with Crippen LogP contribution < -0.4 is 14.8 Å². The van der Waals surface area contributed by atoms with Crippen molar-refractivity contribution in [1.82, 2.24) is 10.2 Å². The van der Waals surface area contributed by atoms with Crippen molar-refractivity contribution in [3.8, 4) is 11.5 Å². The molecule has 28 heavy (non-hydrogen) atoms. The maximum atomic E-state index is 5.67. The second kappa shape index (κ2) is 8.10. The van der Waals surface area contributed by atoms with E-state index in [0.717, 1.165) is 35.8 Å². The number of benzene rings is 2. The van der Waals surface area contributed by atoms with Crippen molar-refractivity contribution in [2.75, 3.05) is 40.4 Å². The summed E-state index contributed by atoms with van der Waals surface area (Å²) >= 11 is 5.67. The lowest BCUT2D eigenvalue weighted by Gasteiger charge is -2.42. The van der Waals surface area contributed by atoms with E-state index in [0.29, 0.717) is 5.75 Å². The lowest BCUT2D eigenvalue weighted by Crippen LogP contribution is -2.48. The molecule has 1 N–H and O–H groups in total. The van der Waals surface area contributed by atoms with E-state index >= 15 is 0 Å². The quantitative estimate of drug-likeness (QED) is 0.752. The second-order valence-corrected chi connectivity index (χ2v) is 8.09. The summed E-state index contributed by atoms with van der Waals surface area (Å²) in [5, 5.41) is 3.51. The number of thiocarbonyl (C=S) groups is 1. The van der Waals surface area contributed by atoms with Gasteiger partial charge in [-0.15, -0.1) is 0 Å². The summed E-state index contributed by atoms with van der Waals surface area (Å²) in [4.78, 5) is 3.36. The molecule has 0 spiro atoms. The zero-order valence-electron chi connectivity index (χ0n) is 16.7.